The smallest absolute Gasteiger partial charge is 0.296 e. The molecule has 1 fully saturated rings. The molecule has 11 heteroatoms. The van der Waals surface area contributed by atoms with Crippen molar-refractivity contribution in [3.8, 4) is 5.88 Å². The van der Waals surface area contributed by atoms with Crippen molar-refractivity contribution in [1.82, 2.24) is 29.4 Å². The highest BCUT2D eigenvalue weighted by Crippen LogP contribution is 2.25. The molecule has 0 radical (unpaired) electrons. The van der Waals surface area contributed by atoms with Gasteiger partial charge in [-0.3, -0.25) is 14.4 Å². The average Bonchev–Trinajstić information content (AvgIpc) is 3.26. The maximum Gasteiger partial charge on any atom is 0.296 e. The van der Waals surface area contributed by atoms with Crippen molar-refractivity contribution < 1.29 is 23.5 Å². The monoisotopic (exact) mass is 468 g/mol. The summed E-state index contributed by atoms with van der Waals surface area (Å²) in [4.78, 5) is 49.0. The number of likely N-dealkylation sites (N-methyl/N-ethyl adjacent to an activating group) is 1. The van der Waals surface area contributed by atoms with E-state index in [0.717, 1.165) is 34.2 Å². The standard InChI is InChI=1S/C23H25FN6O4/c1-28(2)22(33)19(31)17-13-25-23-26-20(34-3)18(27-30(17)23)21(32)29-10-8-15(9-11-29)12-14-4-6-16(24)7-5-14/h4-7,13,15H,8-12H2,1-3H3. The van der Waals surface area contributed by atoms with Crippen molar-refractivity contribution in [2.24, 2.45) is 5.92 Å². The van der Waals surface area contributed by atoms with Gasteiger partial charge < -0.3 is 14.5 Å². The molecule has 3 heterocycles. The molecule has 178 valence electrons. The quantitative estimate of drug-likeness (QED) is 0.400. The third-order valence-electron chi connectivity index (χ3n) is 5.89. The second kappa shape index (κ2) is 9.54. The lowest BCUT2D eigenvalue weighted by Gasteiger charge is -2.32. The van der Waals surface area contributed by atoms with Crippen LogP contribution in [-0.4, -0.2) is 81.3 Å². The summed E-state index contributed by atoms with van der Waals surface area (Å²) in [6.07, 6.45) is 3.59. The molecule has 2 amide bonds. The minimum absolute atomic E-state index is 0.00512. The van der Waals surface area contributed by atoms with Gasteiger partial charge in [0.15, 0.2) is 0 Å². The molecule has 2 aromatic heterocycles. The Bertz CT molecular complexity index is 1230. The molecule has 3 aromatic rings. The molecule has 0 saturated carbocycles. The molecule has 0 unspecified atom stereocenters. The van der Waals surface area contributed by atoms with Gasteiger partial charge in [0.2, 0.25) is 5.69 Å². The van der Waals surface area contributed by atoms with E-state index in [9.17, 15) is 18.8 Å². The van der Waals surface area contributed by atoms with Crippen LogP contribution >= 0.6 is 0 Å². The van der Waals surface area contributed by atoms with E-state index < -0.39 is 11.7 Å². The molecule has 1 aliphatic heterocycles. The zero-order chi connectivity index (χ0) is 24.4. The molecule has 1 aromatic carbocycles. The highest BCUT2D eigenvalue weighted by atomic mass is 19.1. The van der Waals surface area contributed by atoms with Crippen LogP contribution in [0.2, 0.25) is 0 Å². The first-order valence-corrected chi connectivity index (χ1v) is 10.9. The number of fused-ring (bicyclic) bond motifs is 1. The molecule has 0 bridgehead atoms. The Hall–Kier alpha value is -3.89. The number of methoxy groups -OCH3 is 1. The van der Waals surface area contributed by atoms with Crippen molar-refractivity contribution in [2.75, 3.05) is 34.3 Å². The summed E-state index contributed by atoms with van der Waals surface area (Å²) < 4.78 is 19.5. The number of hydrogen-bond acceptors (Lipinski definition) is 7. The zero-order valence-corrected chi connectivity index (χ0v) is 19.2. The minimum Gasteiger partial charge on any atom is -0.479 e. The molecule has 10 nitrogen and oxygen atoms in total. The summed E-state index contributed by atoms with van der Waals surface area (Å²) in [5.41, 5.74) is 0.918. The summed E-state index contributed by atoms with van der Waals surface area (Å²) in [5.74, 6) is -1.77. The largest absolute Gasteiger partial charge is 0.479 e. The van der Waals surface area contributed by atoms with Crippen LogP contribution in [0.3, 0.4) is 0 Å². The number of ketones is 1. The summed E-state index contributed by atoms with van der Waals surface area (Å²) >= 11 is 0. The fourth-order valence-electron chi connectivity index (χ4n) is 3.99. The summed E-state index contributed by atoms with van der Waals surface area (Å²) in [6.45, 7) is 1.03. The van der Waals surface area contributed by atoms with Crippen LogP contribution in [0, 0.1) is 11.7 Å². The number of carbonyl (C=O) groups excluding carboxylic acids is 3. The average molecular weight is 468 g/mol. The summed E-state index contributed by atoms with van der Waals surface area (Å²) in [5, 5.41) is 4.29. The third-order valence-corrected chi connectivity index (χ3v) is 5.89. The van der Waals surface area contributed by atoms with Crippen molar-refractivity contribution in [2.45, 2.75) is 19.3 Å². The number of likely N-dealkylation sites (tertiary alicyclic amines) is 1. The lowest BCUT2D eigenvalue weighted by atomic mass is 9.90. The van der Waals surface area contributed by atoms with Crippen LogP contribution in [0.4, 0.5) is 4.39 Å². The number of ether oxygens (including phenoxy) is 1. The van der Waals surface area contributed by atoms with Gasteiger partial charge in [-0.15, -0.1) is 0 Å². The number of imidazole rings is 1. The normalized spacial score (nSPS) is 14.3. The van der Waals surface area contributed by atoms with Crippen LogP contribution in [0.15, 0.2) is 30.5 Å². The SMILES string of the molecule is COc1nc2ncc(C(=O)C(=O)N(C)C)n2nc1C(=O)N1CCC(Cc2ccc(F)cc2)CC1. The predicted molar refractivity (Wildman–Crippen MR) is 119 cm³/mol. The number of benzene rings is 1. The minimum atomic E-state index is -0.808. The maximum absolute atomic E-state index is 13.3. The van der Waals surface area contributed by atoms with E-state index in [1.54, 1.807) is 17.0 Å². The van der Waals surface area contributed by atoms with E-state index in [-0.39, 0.29) is 34.8 Å². The van der Waals surface area contributed by atoms with E-state index in [1.165, 1.54) is 39.5 Å². The van der Waals surface area contributed by atoms with Crippen molar-refractivity contribution >= 4 is 23.4 Å². The van der Waals surface area contributed by atoms with Crippen LogP contribution in [0.1, 0.15) is 39.4 Å². The number of Topliss-reactive ketones (excluding diaryl/α,β-unsaturated/α-hetero) is 1. The van der Waals surface area contributed by atoms with Crippen LogP contribution in [-0.2, 0) is 11.2 Å². The molecule has 1 saturated heterocycles. The van der Waals surface area contributed by atoms with Crippen LogP contribution in [0.5, 0.6) is 5.88 Å². The highest BCUT2D eigenvalue weighted by molar-refractivity contribution is 6.42. The Morgan fingerprint density at radius 3 is 2.44 bits per heavy atom. The second-order valence-corrected chi connectivity index (χ2v) is 8.42. The molecular formula is C23H25FN6O4. The van der Waals surface area contributed by atoms with Gasteiger partial charge in [-0.25, -0.2) is 9.37 Å². The first kappa shape index (κ1) is 23.3. The summed E-state index contributed by atoms with van der Waals surface area (Å²) in [6, 6.07) is 6.48. The highest BCUT2D eigenvalue weighted by Gasteiger charge is 2.30. The van der Waals surface area contributed by atoms with Crippen molar-refractivity contribution in [3.05, 3.63) is 53.2 Å². The van der Waals surface area contributed by atoms with Gasteiger partial charge in [0.1, 0.15) is 11.5 Å². The van der Waals surface area contributed by atoms with Crippen LogP contribution in [0.25, 0.3) is 5.78 Å². The summed E-state index contributed by atoms with van der Waals surface area (Å²) in [7, 11) is 4.30. The molecule has 0 aliphatic carbocycles. The number of hydrogen-bond donors (Lipinski definition) is 0. The number of aromatic nitrogens is 4. The van der Waals surface area contributed by atoms with E-state index in [4.69, 9.17) is 4.74 Å². The van der Waals surface area contributed by atoms with E-state index >= 15 is 0 Å². The number of rotatable bonds is 6. The number of nitrogens with zero attached hydrogens (tertiary/aromatic N) is 6. The Balaban J connectivity index is 1.52. The van der Waals surface area contributed by atoms with Gasteiger partial charge in [0.25, 0.3) is 29.3 Å². The number of amides is 2. The zero-order valence-electron chi connectivity index (χ0n) is 19.2. The predicted octanol–water partition coefficient (Wildman–Crippen LogP) is 1.64. The number of carbonyl (C=O) groups is 3. The molecule has 0 atom stereocenters. The molecule has 1 aliphatic rings. The Labute approximate surface area is 195 Å². The van der Waals surface area contributed by atoms with Crippen molar-refractivity contribution in [3.63, 3.8) is 0 Å². The first-order chi connectivity index (χ1) is 16.3. The lowest BCUT2D eigenvalue weighted by Crippen LogP contribution is -2.39. The van der Waals surface area contributed by atoms with Gasteiger partial charge in [-0.05, 0) is 42.9 Å². The molecule has 0 spiro atoms. The molecule has 0 N–H and O–H groups in total. The Morgan fingerprint density at radius 1 is 1.15 bits per heavy atom. The fraction of sp³-hybridized carbons (Fsp3) is 0.391. The Kier molecular flexibility index (Phi) is 6.53. The van der Waals surface area contributed by atoms with Gasteiger partial charge >= 0.3 is 0 Å². The number of halogens is 1. The fourth-order valence-corrected chi connectivity index (χ4v) is 3.99. The Morgan fingerprint density at radius 2 is 1.82 bits per heavy atom. The third kappa shape index (κ3) is 4.59. The second-order valence-electron chi connectivity index (χ2n) is 8.42. The number of piperidine rings is 1. The molecule has 34 heavy (non-hydrogen) atoms. The van der Waals surface area contributed by atoms with Crippen molar-refractivity contribution in [1.29, 1.82) is 0 Å². The van der Waals surface area contributed by atoms with E-state index in [0.29, 0.717) is 19.0 Å². The topological polar surface area (TPSA) is 110 Å². The molecule has 4 rings (SSSR count). The van der Waals surface area contributed by atoms with E-state index in [1.807, 2.05) is 0 Å². The van der Waals surface area contributed by atoms with Crippen LogP contribution < -0.4 is 4.74 Å². The lowest BCUT2D eigenvalue weighted by molar-refractivity contribution is -0.124. The maximum atomic E-state index is 13.3. The van der Waals surface area contributed by atoms with Gasteiger partial charge in [0, 0.05) is 27.2 Å². The molecular weight excluding hydrogens is 443 g/mol. The van der Waals surface area contributed by atoms with E-state index in [2.05, 4.69) is 15.1 Å². The van der Waals surface area contributed by atoms with Gasteiger partial charge in [-0.2, -0.15) is 14.6 Å². The first-order valence-electron chi connectivity index (χ1n) is 10.9. The van der Waals surface area contributed by atoms with Gasteiger partial charge in [0.05, 0.1) is 13.3 Å². The van der Waals surface area contributed by atoms with Gasteiger partial charge in [-0.1, -0.05) is 12.1 Å².